The Hall–Kier alpha value is -3.29. The standard InChI is InChI=1S/C18H14ClN3O8S2/c1-7-9(18(24)25)5-10-14(29-6-28-10)13(7)20-16(23)15-11(3-4-31-15)32(26,27)22-17-12(19)8(2)21-30-17/h3-5,22H,6H2,1-2H3,(H,20,23)(H,24,25). The Bertz CT molecular complexity index is 1360. The van der Waals surface area contributed by atoms with Gasteiger partial charge in [-0.05, 0) is 36.9 Å². The number of aryl methyl sites for hydroxylation is 1. The van der Waals surface area contributed by atoms with Crippen LogP contribution in [0.25, 0.3) is 0 Å². The van der Waals surface area contributed by atoms with E-state index in [0.29, 0.717) is 0 Å². The van der Waals surface area contributed by atoms with Crippen molar-refractivity contribution < 1.29 is 37.1 Å². The van der Waals surface area contributed by atoms with Crippen LogP contribution >= 0.6 is 22.9 Å². The molecule has 1 aromatic carbocycles. The lowest BCUT2D eigenvalue weighted by atomic mass is 10.0. The molecule has 2 aromatic heterocycles. The molecular weight excluding hydrogens is 486 g/mol. The van der Waals surface area contributed by atoms with Gasteiger partial charge in [0, 0.05) is 0 Å². The number of carbonyl (C=O) groups excluding carboxylic acids is 1. The van der Waals surface area contributed by atoms with Crippen LogP contribution in [0.1, 0.15) is 31.3 Å². The lowest BCUT2D eigenvalue weighted by molar-refractivity contribution is 0.0695. The minimum absolute atomic E-state index is 0.0105. The van der Waals surface area contributed by atoms with Crippen LogP contribution in [0.3, 0.4) is 0 Å². The quantitative estimate of drug-likeness (QED) is 0.461. The lowest BCUT2D eigenvalue weighted by Crippen LogP contribution is -2.19. The van der Waals surface area contributed by atoms with E-state index in [4.69, 9.17) is 25.6 Å². The number of aromatic carboxylic acids is 1. The first-order chi connectivity index (χ1) is 15.1. The zero-order valence-corrected chi connectivity index (χ0v) is 18.8. The fourth-order valence-corrected chi connectivity index (χ4v) is 5.44. The highest BCUT2D eigenvalue weighted by Crippen LogP contribution is 2.43. The molecule has 3 aromatic rings. The number of carboxylic acids is 1. The van der Waals surface area contributed by atoms with Crippen molar-refractivity contribution in [2.24, 2.45) is 0 Å². The molecule has 1 aliphatic heterocycles. The number of halogens is 1. The minimum Gasteiger partial charge on any atom is -0.478 e. The molecule has 32 heavy (non-hydrogen) atoms. The maximum Gasteiger partial charge on any atom is 0.336 e. The molecule has 3 N–H and O–H groups in total. The van der Waals surface area contributed by atoms with E-state index < -0.39 is 21.9 Å². The highest BCUT2D eigenvalue weighted by molar-refractivity contribution is 7.93. The molecule has 1 aliphatic rings. The number of anilines is 2. The summed E-state index contributed by atoms with van der Waals surface area (Å²) in [4.78, 5) is 24.1. The molecule has 0 saturated carbocycles. The SMILES string of the molecule is Cc1noc(NS(=O)(=O)c2ccsc2C(=O)Nc2c(C)c(C(=O)O)cc3c2OCO3)c1Cl. The molecule has 14 heteroatoms. The summed E-state index contributed by atoms with van der Waals surface area (Å²) in [6.45, 7) is 2.87. The predicted octanol–water partition coefficient (Wildman–Crippen LogP) is 3.49. The van der Waals surface area contributed by atoms with Gasteiger partial charge in [0.05, 0.1) is 11.3 Å². The average molecular weight is 500 g/mol. The summed E-state index contributed by atoms with van der Waals surface area (Å²) in [6.07, 6.45) is 0. The number of sulfonamides is 1. The molecule has 0 radical (unpaired) electrons. The number of hydrogen-bond donors (Lipinski definition) is 3. The van der Waals surface area contributed by atoms with Crippen molar-refractivity contribution in [1.82, 2.24) is 5.16 Å². The van der Waals surface area contributed by atoms with Crippen molar-refractivity contribution in [3.05, 3.63) is 44.2 Å². The van der Waals surface area contributed by atoms with Crippen molar-refractivity contribution in [3.8, 4) is 11.5 Å². The molecular formula is C18H14ClN3O8S2. The number of aromatic nitrogens is 1. The minimum atomic E-state index is -4.26. The van der Waals surface area contributed by atoms with Crippen LogP contribution in [-0.4, -0.2) is 37.4 Å². The van der Waals surface area contributed by atoms with Gasteiger partial charge < -0.3 is 24.4 Å². The van der Waals surface area contributed by atoms with E-state index in [1.165, 1.54) is 31.4 Å². The van der Waals surface area contributed by atoms with Gasteiger partial charge in [-0.1, -0.05) is 16.8 Å². The van der Waals surface area contributed by atoms with Gasteiger partial charge in [0.25, 0.3) is 21.8 Å². The maximum atomic E-state index is 13.0. The number of carboxylic acid groups (broad SMARTS) is 1. The van der Waals surface area contributed by atoms with Crippen LogP contribution in [0.2, 0.25) is 5.02 Å². The molecule has 0 atom stereocenters. The molecule has 1 amide bonds. The van der Waals surface area contributed by atoms with E-state index >= 15 is 0 Å². The summed E-state index contributed by atoms with van der Waals surface area (Å²) in [6, 6.07) is 2.54. The van der Waals surface area contributed by atoms with E-state index in [0.717, 1.165) is 11.3 Å². The summed E-state index contributed by atoms with van der Waals surface area (Å²) in [5.41, 5.74) is 0.484. The summed E-state index contributed by atoms with van der Waals surface area (Å²) in [5.74, 6) is -1.99. The van der Waals surface area contributed by atoms with Gasteiger partial charge in [0.2, 0.25) is 6.79 Å². The second-order valence-corrected chi connectivity index (χ2v) is 9.49. The van der Waals surface area contributed by atoms with Gasteiger partial charge in [-0.25, -0.2) is 17.9 Å². The fourth-order valence-electron chi connectivity index (χ4n) is 2.95. The lowest BCUT2D eigenvalue weighted by Gasteiger charge is -2.14. The van der Waals surface area contributed by atoms with E-state index in [9.17, 15) is 23.1 Å². The summed E-state index contributed by atoms with van der Waals surface area (Å²) < 4.78 is 43.3. The van der Waals surface area contributed by atoms with Gasteiger partial charge in [0.15, 0.2) is 11.5 Å². The summed E-state index contributed by atoms with van der Waals surface area (Å²) in [5, 5.41) is 17.0. The highest BCUT2D eigenvalue weighted by Gasteiger charge is 2.30. The van der Waals surface area contributed by atoms with Gasteiger partial charge in [-0.3, -0.25) is 4.79 Å². The number of hydrogen-bond acceptors (Lipinski definition) is 9. The van der Waals surface area contributed by atoms with Crippen LogP contribution in [0.4, 0.5) is 11.6 Å². The molecule has 4 rings (SSSR count). The van der Waals surface area contributed by atoms with Crippen LogP contribution in [-0.2, 0) is 10.0 Å². The van der Waals surface area contributed by atoms with E-state index in [1.807, 2.05) is 0 Å². The zero-order valence-electron chi connectivity index (χ0n) is 16.4. The molecule has 0 unspecified atom stereocenters. The average Bonchev–Trinajstić information content (AvgIpc) is 3.46. The van der Waals surface area contributed by atoms with Crippen molar-refractivity contribution in [2.45, 2.75) is 18.7 Å². The first-order valence-corrected chi connectivity index (χ1v) is 11.5. The van der Waals surface area contributed by atoms with Gasteiger partial charge in [-0.2, -0.15) is 0 Å². The number of amides is 1. The molecule has 3 heterocycles. The summed E-state index contributed by atoms with van der Waals surface area (Å²) in [7, 11) is -4.26. The third kappa shape index (κ3) is 3.74. The van der Waals surface area contributed by atoms with Crippen LogP contribution in [0, 0.1) is 13.8 Å². The number of benzene rings is 1. The fraction of sp³-hybridized carbons (Fsp3) is 0.167. The molecule has 11 nitrogen and oxygen atoms in total. The van der Waals surface area contributed by atoms with E-state index in [2.05, 4.69) is 15.2 Å². The van der Waals surface area contributed by atoms with E-state index in [1.54, 1.807) is 0 Å². The van der Waals surface area contributed by atoms with Gasteiger partial charge in [-0.15, -0.1) is 11.3 Å². The Balaban J connectivity index is 1.68. The van der Waals surface area contributed by atoms with Crippen molar-refractivity contribution >= 4 is 56.4 Å². The van der Waals surface area contributed by atoms with Crippen LogP contribution in [0.15, 0.2) is 26.9 Å². The smallest absolute Gasteiger partial charge is 0.336 e. The van der Waals surface area contributed by atoms with Crippen molar-refractivity contribution in [3.63, 3.8) is 0 Å². The Morgan fingerprint density at radius 1 is 1.28 bits per heavy atom. The third-order valence-corrected chi connectivity index (χ3v) is 7.40. The topological polar surface area (TPSA) is 157 Å². The number of nitrogens with one attached hydrogen (secondary N) is 2. The number of rotatable bonds is 6. The molecule has 0 saturated heterocycles. The molecule has 0 bridgehead atoms. The Morgan fingerprint density at radius 3 is 2.69 bits per heavy atom. The molecule has 0 spiro atoms. The predicted molar refractivity (Wildman–Crippen MR) is 114 cm³/mol. The van der Waals surface area contributed by atoms with Gasteiger partial charge in [0.1, 0.15) is 20.5 Å². The van der Waals surface area contributed by atoms with Crippen LogP contribution in [0.5, 0.6) is 11.5 Å². The van der Waals surface area contributed by atoms with Crippen molar-refractivity contribution in [2.75, 3.05) is 16.8 Å². The normalized spacial score (nSPS) is 12.6. The van der Waals surface area contributed by atoms with Crippen LogP contribution < -0.4 is 19.5 Å². The first kappa shape index (κ1) is 21.9. The molecule has 0 aliphatic carbocycles. The Kier molecular flexibility index (Phi) is 5.48. The third-order valence-electron chi connectivity index (χ3n) is 4.53. The second-order valence-electron chi connectivity index (χ2n) is 6.55. The zero-order chi connectivity index (χ0) is 23.2. The molecule has 0 fully saturated rings. The number of ether oxygens (including phenoxy) is 2. The second kappa shape index (κ2) is 8.00. The Labute approximate surface area is 189 Å². The summed E-state index contributed by atoms with van der Waals surface area (Å²) >= 11 is 6.84. The highest BCUT2D eigenvalue weighted by atomic mass is 35.5. The number of thiophene rings is 1. The molecule has 168 valence electrons. The monoisotopic (exact) mass is 499 g/mol. The number of fused-ring (bicyclic) bond motifs is 1. The largest absolute Gasteiger partial charge is 0.478 e. The Morgan fingerprint density at radius 2 is 2.03 bits per heavy atom. The first-order valence-electron chi connectivity index (χ1n) is 8.80. The maximum absolute atomic E-state index is 13.0. The van der Waals surface area contributed by atoms with E-state index in [-0.39, 0.29) is 61.5 Å². The number of nitrogens with zero attached hydrogens (tertiary/aromatic N) is 1. The van der Waals surface area contributed by atoms with Gasteiger partial charge >= 0.3 is 5.97 Å². The van der Waals surface area contributed by atoms with Crippen molar-refractivity contribution in [1.29, 1.82) is 0 Å². The number of carbonyl (C=O) groups is 2.